The van der Waals surface area contributed by atoms with Crippen LogP contribution in [0.3, 0.4) is 0 Å². The quantitative estimate of drug-likeness (QED) is 0.870. The fraction of sp³-hybridized carbons (Fsp3) is 0.500. The van der Waals surface area contributed by atoms with Crippen LogP contribution in [0.5, 0.6) is 0 Å². The first-order valence-electron chi connectivity index (χ1n) is 4.65. The van der Waals surface area contributed by atoms with Gasteiger partial charge >= 0.3 is 0 Å². The molecule has 1 aromatic heterocycles. The highest BCUT2D eigenvalue weighted by atomic mass is 79.9. The van der Waals surface area contributed by atoms with Crippen LogP contribution in [0, 0.1) is 0 Å². The van der Waals surface area contributed by atoms with Crippen molar-refractivity contribution in [2.75, 3.05) is 0 Å². The first-order chi connectivity index (χ1) is 6.89. The van der Waals surface area contributed by atoms with Gasteiger partial charge in [-0.2, -0.15) is 0 Å². The van der Waals surface area contributed by atoms with Crippen LogP contribution in [0.1, 0.15) is 26.5 Å². The first-order valence-corrected chi connectivity index (χ1v) is 6.59. The number of aromatic nitrogens is 1. The van der Waals surface area contributed by atoms with Crippen LogP contribution in [-0.2, 0) is 17.9 Å². The predicted molar refractivity (Wildman–Crippen MR) is 66.7 cm³/mol. The summed E-state index contributed by atoms with van der Waals surface area (Å²) >= 11 is 2.32. The Bertz CT molecular complexity index is 327. The molecule has 1 aromatic rings. The van der Waals surface area contributed by atoms with Gasteiger partial charge in [0, 0.05) is 22.0 Å². The summed E-state index contributed by atoms with van der Waals surface area (Å²) in [5.41, 5.74) is 0.877. The molecule has 0 aromatic carbocycles. The maximum absolute atomic E-state index is 11.7. The van der Waals surface area contributed by atoms with Gasteiger partial charge in [0.25, 0.3) is 0 Å². The van der Waals surface area contributed by atoms with Crippen LogP contribution < -0.4 is 4.72 Å². The third kappa shape index (κ3) is 4.51. The fourth-order valence-electron chi connectivity index (χ4n) is 0.901. The van der Waals surface area contributed by atoms with E-state index in [-0.39, 0.29) is 4.75 Å². The van der Waals surface area contributed by atoms with Gasteiger partial charge in [-0.3, -0.25) is 4.98 Å². The first kappa shape index (κ1) is 13.0. The number of rotatable bonds is 3. The number of hydrogen-bond donors (Lipinski definition) is 1. The Morgan fingerprint density at radius 2 is 2.20 bits per heavy atom. The van der Waals surface area contributed by atoms with Gasteiger partial charge in [-0.25, -0.2) is 0 Å². The molecule has 0 saturated carbocycles. The summed E-state index contributed by atoms with van der Waals surface area (Å²) in [7, 11) is 0. The zero-order valence-corrected chi connectivity index (χ0v) is 11.5. The Labute approximate surface area is 102 Å². The van der Waals surface area contributed by atoms with Gasteiger partial charge in [0.15, 0.2) is 0 Å². The monoisotopic (exact) mass is 290 g/mol. The average Bonchev–Trinajstić information content (AvgIpc) is 2.12. The molecule has 3 nitrogen and oxygen atoms in total. The highest BCUT2D eigenvalue weighted by molar-refractivity contribution is 9.10. The summed E-state index contributed by atoms with van der Waals surface area (Å²) in [4.78, 5) is 4.17. The van der Waals surface area contributed by atoms with E-state index in [1.54, 1.807) is 6.20 Å². The van der Waals surface area contributed by atoms with E-state index in [4.69, 9.17) is 0 Å². The van der Waals surface area contributed by atoms with Gasteiger partial charge < -0.3 is 4.55 Å². The van der Waals surface area contributed by atoms with Crippen molar-refractivity contribution in [2.45, 2.75) is 32.1 Å². The molecule has 5 heteroatoms. The van der Waals surface area contributed by atoms with Crippen molar-refractivity contribution < 1.29 is 4.55 Å². The van der Waals surface area contributed by atoms with Crippen LogP contribution in [0.4, 0.5) is 0 Å². The molecule has 1 unspecified atom stereocenters. The van der Waals surface area contributed by atoms with E-state index in [9.17, 15) is 4.55 Å². The van der Waals surface area contributed by atoms with Gasteiger partial charge in [0.2, 0.25) is 0 Å². The summed E-state index contributed by atoms with van der Waals surface area (Å²) in [6.45, 7) is 6.32. The lowest BCUT2D eigenvalue weighted by atomic mass is 10.3. The van der Waals surface area contributed by atoms with Crippen LogP contribution in [0.25, 0.3) is 0 Å². The van der Waals surface area contributed by atoms with E-state index in [2.05, 4.69) is 25.6 Å². The maximum Gasteiger partial charge on any atom is 0.136 e. The lowest BCUT2D eigenvalue weighted by Gasteiger charge is -2.23. The van der Waals surface area contributed by atoms with Crippen molar-refractivity contribution in [1.29, 1.82) is 0 Å². The molecule has 1 heterocycles. The SMILES string of the molecule is CC(C)(C)[S+]([O-])NCc1cc(Br)ccn1. The molecule has 1 N–H and O–H groups in total. The van der Waals surface area contributed by atoms with Crippen molar-refractivity contribution in [3.8, 4) is 0 Å². The highest BCUT2D eigenvalue weighted by Gasteiger charge is 2.25. The number of nitrogens with one attached hydrogen (secondary N) is 1. The molecule has 1 rings (SSSR count). The second kappa shape index (κ2) is 5.30. The predicted octanol–water partition coefficient (Wildman–Crippen LogP) is 2.40. The molecule has 84 valence electrons. The third-order valence-corrected chi connectivity index (χ3v) is 3.73. The number of pyridine rings is 1. The molecule has 0 saturated heterocycles. The summed E-state index contributed by atoms with van der Waals surface area (Å²) in [5.74, 6) is 0. The van der Waals surface area contributed by atoms with Crippen LogP contribution in [-0.4, -0.2) is 14.3 Å². The van der Waals surface area contributed by atoms with Gasteiger partial charge in [0.05, 0.1) is 12.2 Å². The van der Waals surface area contributed by atoms with Gasteiger partial charge in [-0.15, -0.1) is 4.72 Å². The normalized spacial score (nSPS) is 13.9. The highest BCUT2D eigenvalue weighted by Crippen LogP contribution is 2.14. The number of nitrogens with zero attached hydrogens (tertiary/aromatic N) is 1. The van der Waals surface area contributed by atoms with Gasteiger partial charge in [-0.05, 0) is 32.9 Å². The number of hydrogen-bond acceptors (Lipinski definition) is 3. The molecule has 0 radical (unpaired) electrons. The van der Waals surface area contributed by atoms with Crippen molar-refractivity contribution in [3.63, 3.8) is 0 Å². The molecular weight excluding hydrogens is 276 g/mol. The summed E-state index contributed by atoms with van der Waals surface area (Å²) < 4.78 is 15.4. The summed E-state index contributed by atoms with van der Waals surface area (Å²) in [6.07, 6.45) is 1.72. The molecular formula is C10H15BrN2OS. The van der Waals surface area contributed by atoms with Crippen LogP contribution in [0.15, 0.2) is 22.8 Å². The molecule has 0 aliphatic rings. The molecule has 0 bridgehead atoms. The topological polar surface area (TPSA) is 48.0 Å². The Balaban J connectivity index is 2.51. The molecule has 0 fully saturated rings. The fourth-order valence-corrected chi connectivity index (χ4v) is 2.00. The standard InChI is InChI=1S/C10H15BrN2OS/c1-10(2,3)15(14)13-7-9-6-8(11)4-5-12-9/h4-6,13H,7H2,1-3H3. The summed E-state index contributed by atoms with van der Waals surface area (Å²) in [5, 5.41) is 0. The average molecular weight is 291 g/mol. The zero-order valence-electron chi connectivity index (χ0n) is 9.08. The van der Waals surface area contributed by atoms with E-state index in [1.807, 2.05) is 32.9 Å². The molecule has 0 aliphatic carbocycles. The maximum atomic E-state index is 11.7. The minimum atomic E-state index is -1.05. The minimum Gasteiger partial charge on any atom is -0.598 e. The third-order valence-electron chi connectivity index (χ3n) is 1.72. The lowest BCUT2D eigenvalue weighted by Crippen LogP contribution is -2.39. The van der Waals surface area contributed by atoms with Crippen molar-refractivity contribution >= 4 is 27.3 Å². The molecule has 1 atom stereocenters. The second-order valence-electron chi connectivity index (χ2n) is 4.17. The van der Waals surface area contributed by atoms with Crippen molar-refractivity contribution in [1.82, 2.24) is 9.71 Å². The number of halogens is 1. The Hall–Kier alpha value is -0.100. The second-order valence-corrected chi connectivity index (χ2v) is 7.13. The van der Waals surface area contributed by atoms with E-state index in [1.165, 1.54) is 0 Å². The summed E-state index contributed by atoms with van der Waals surface area (Å²) in [6, 6.07) is 3.77. The molecule has 0 amide bonds. The Morgan fingerprint density at radius 1 is 1.53 bits per heavy atom. The smallest absolute Gasteiger partial charge is 0.136 e. The van der Waals surface area contributed by atoms with Gasteiger partial charge in [-0.1, -0.05) is 15.9 Å². The molecule has 15 heavy (non-hydrogen) atoms. The van der Waals surface area contributed by atoms with Crippen LogP contribution >= 0.6 is 15.9 Å². The van der Waals surface area contributed by atoms with E-state index in [0.29, 0.717) is 6.54 Å². The van der Waals surface area contributed by atoms with Crippen molar-refractivity contribution in [2.24, 2.45) is 0 Å². The van der Waals surface area contributed by atoms with Gasteiger partial charge in [0.1, 0.15) is 4.75 Å². The molecule has 0 aliphatic heterocycles. The van der Waals surface area contributed by atoms with Crippen LogP contribution in [0.2, 0.25) is 0 Å². The Morgan fingerprint density at radius 3 is 2.73 bits per heavy atom. The van der Waals surface area contributed by atoms with Crippen molar-refractivity contribution in [3.05, 3.63) is 28.5 Å². The van der Waals surface area contributed by atoms with E-state index >= 15 is 0 Å². The van der Waals surface area contributed by atoms with E-state index < -0.39 is 11.4 Å². The molecule has 0 spiro atoms. The lowest BCUT2D eigenvalue weighted by molar-refractivity contribution is 0.543. The Kier molecular flexibility index (Phi) is 4.58. The minimum absolute atomic E-state index is 0.244. The zero-order chi connectivity index (χ0) is 11.5. The van der Waals surface area contributed by atoms with E-state index in [0.717, 1.165) is 10.2 Å². The largest absolute Gasteiger partial charge is 0.598 e.